The Labute approximate surface area is 152 Å². The Morgan fingerprint density at radius 2 is 1.68 bits per heavy atom. The van der Waals surface area contributed by atoms with E-state index in [1.165, 1.54) is 4.31 Å². The van der Waals surface area contributed by atoms with Crippen LogP contribution in [0.25, 0.3) is 22.4 Å². The van der Waals surface area contributed by atoms with Crippen LogP contribution in [0.1, 0.15) is 24.4 Å². The van der Waals surface area contributed by atoms with E-state index in [-0.39, 0.29) is 0 Å². The SMILES string of the molecule is CCN(CC)S(=O)(=O)c1ccc(/C=C\c2nc3ccccc3s2)cc1. The van der Waals surface area contributed by atoms with Crippen LogP contribution in [0.3, 0.4) is 0 Å². The lowest BCUT2D eigenvalue weighted by molar-refractivity contribution is 0.445. The Morgan fingerprint density at radius 1 is 1.00 bits per heavy atom. The van der Waals surface area contributed by atoms with Gasteiger partial charge in [0.05, 0.1) is 15.1 Å². The van der Waals surface area contributed by atoms with Crippen LogP contribution >= 0.6 is 11.3 Å². The first-order chi connectivity index (χ1) is 12.0. The quantitative estimate of drug-likeness (QED) is 0.640. The molecule has 6 heteroatoms. The van der Waals surface area contributed by atoms with Gasteiger partial charge in [0.1, 0.15) is 5.01 Å². The number of benzene rings is 2. The van der Waals surface area contributed by atoms with Crippen molar-refractivity contribution in [1.82, 2.24) is 9.29 Å². The van der Waals surface area contributed by atoms with Crippen LogP contribution in [0, 0.1) is 0 Å². The minimum absolute atomic E-state index is 0.327. The van der Waals surface area contributed by atoms with Gasteiger partial charge in [-0.2, -0.15) is 4.31 Å². The third-order valence-corrected chi connectivity index (χ3v) is 7.02. The number of sulfonamides is 1. The van der Waals surface area contributed by atoms with Gasteiger partial charge in [0, 0.05) is 13.1 Å². The van der Waals surface area contributed by atoms with E-state index in [0.717, 1.165) is 20.8 Å². The Kier molecular flexibility index (Phi) is 5.32. The molecule has 0 N–H and O–H groups in total. The largest absolute Gasteiger partial charge is 0.243 e. The minimum atomic E-state index is -3.40. The molecular weight excluding hydrogens is 352 g/mol. The minimum Gasteiger partial charge on any atom is -0.237 e. The molecule has 4 nitrogen and oxygen atoms in total. The van der Waals surface area contributed by atoms with E-state index >= 15 is 0 Å². The molecule has 0 unspecified atom stereocenters. The molecule has 3 aromatic rings. The highest BCUT2D eigenvalue weighted by Gasteiger charge is 2.20. The summed E-state index contributed by atoms with van der Waals surface area (Å²) < 4.78 is 27.6. The highest BCUT2D eigenvalue weighted by Crippen LogP contribution is 2.23. The van der Waals surface area contributed by atoms with Gasteiger partial charge in [-0.1, -0.05) is 44.2 Å². The topological polar surface area (TPSA) is 50.3 Å². The molecule has 25 heavy (non-hydrogen) atoms. The predicted molar refractivity (Wildman–Crippen MR) is 105 cm³/mol. The van der Waals surface area contributed by atoms with Crippen molar-refractivity contribution in [2.24, 2.45) is 0 Å². The van der Waals surface area contributed by atoms with Gasteiger partial charge >= 0.3 is 0 Å². The molecule has 0 amide bonds. The van der Waals surface area contributed by atoms with E-state index in [9.17, 15) is 8.42 Å². The molecule has 0 saturated heterocycles. The Balaban J connectivity index is 1.80. The van der Waals surface area contributed by atoms with Crippen molar-refractivity contribution < 1.29 is 8.42 Å². The fraction of sp³-hybridized carbons (Fsp3) is 0.211. The van der Waals surface area contributed by atoms with Crippen LogP contribution in [0.5, 0.6) is 0 Å². The summed E-state index contributed by atoms with van der Waals surface area (Å²) in [5, 5.41) is 0.932. The molecular formula is C19H20N2O2S2. The van der Waals surface area contributed by atoms with E-state index in [2.05, 4.69) is 11.1 Å². The van der Waals surface area contributed by atoms with Crippen LogP contribution in [0.15, 0.2) is 53.4 Å². The summed E-state index contributed by atoms with van der Waals surface area (Å²) in [6, 6.07) is 15.0. The van der Waals surface area contributed by atoms with Gasteiger partial charge in [0.2, 0.25) is 10.0 Å². The molecule has 0 fully saturated rings. The Morgan fingerprint density at radius 3 is 2.32 bits per heavy atom. The van der Waals surface area contributed by atoms with Crippen LogP contribution in [-0.4, -0.2) is 30.8 Å². The predicted octanol–water partition coefficient (Wildman–Crippen LogP) is 4.50. The van der Waals surface area contributed by atoms with Crippen LogP contribution in [-0.2, 0) is 10.0 Å². The molecule has 2 aromatic carbocycles. The van der Waals surface area contributed by atoms with E-state index in [0.29, 0.717) is 18.0 Å². The first-order valence-electron chi connectivity index (χ1n) is 8.18. The normalized spacial score (nSPS) is 12.4. The number of rotatable bonds is 6. The maximum absolute atomic E-state index is 12.5. The summed E-state index contributed by atoms with van der Waals surface area (Å²) in [5.41, 5.74) is 1.94. The number of fused-ring (bicyclic) bond motifs is 1. The van der Waals surface area contributed by atoms with Gasteiger partial charge in [0.15, 0.2) is 0 Å². The summed E-state index contributed by atoms with van der Waals surface area (Å²) in [5.74, 6) is 0. The number of thiazole rings is 1. The summed E-state index contributed by atoms with van der Waals surface area (Å²) in [4.78, 5) is 4.89. The smallest absolute Gasteiger partial charge is 0.237 e. The second kappa shape index (κ2) is 7.47. The van der Waals surface area contributed by atoms with E-state index in [4.69, 9.17) is 0 Å². The molecule has 3 rings (SSSR count). The van der Waals surface area contributed by atoms with Gasteiger partial charge in [-0.15, -0.1) is 11.3 Å². The van der Waals surface area contributed by atoms with Crippen LogP contribution < -0.4 is 0 Å². The lowest BCUT2D eigenvalue weighted by Crippen LogP contribution is -2.30. The van der Waals surface area contributed by atoms with E-state index < -0.39 is 10.0 Å². The number of hydrogen-bond donors (Lipinski definition) is 0. The first-order valence-corrected chi connectivity index (χ1v) is 10.4. The summed E-state index contributed by atoms with van der Waals surface area (Å²) >= 11 is 1.63. The summed E-state index contributed by atoms with van der Waals surface area (Å²) in [7, 11) is -3.40. The fourth-order valence-electron chi connectivity index (χ4n) is 2.59. The van der Waals surface area contributed by atoms with Crippen molar-refractivity contribution in [1.29, 1.82) is 0 Å². The summed E-state index contributed by atoms with van der Waals surface area (Å²) in [6.45, 7) is 4.63. The Bertz CT molecular complexity index is 953. The van der Waals surface area contributed by atoms with Crippen molar-refractivity contribution in [2.45, 2.75) is 18.7 Å². The molecule has 0 spiro atoms. The van der Waals surface area contributed by atoms with Crippen molar-refractivity contribution >= 4 is 43.7 Å². The molecule has 0 aliphatic rings. The Hall–Kier alpha value is -2.02. The molecule has 0 saturated carbocycles. The average Bonchev–Trinajstić information content (AvgIpc) is 3.04. The van der Waals surface area contributed by atoms with Crippen molar-refractivity contribution in [2.75, 3.05) is 13.1 Å². The van der Waals surface area contributed by atoms with E-state index in [1.54, 1.807) is 23.5 Å². The number of aromatic nitrogens is 1. The standard InChI is InChI=1S/C19H20N2O2S2/c1-3-21(4-2)25(22,23)16-12-9-15(10-13-16)11-14-19-20-17-7-5-6-8-18(17)24-19/h5-14H,3-4H2,1-2H3/b14-11-. The van der Waals surface area contributed by atoms with Crippen LogP contribution in [0.2, 0.25) is 0 Å². The van der Waals surface area contributed by atoms with Gasteiger partial charge in [-0.05, 0) is 35.9 Å². The van der Waals surface area contributed by atoms with Gasteiger partial charge in [-0.3, -0.25) is 0 Å². The second-order valence-electron chi connectivity index (χ2n) is 5.51. The average molecular weight is 373 g/mol. The summed E-state index contributed by atoms with van der Waals surface area (Å²) in [6.07, 6.45) is 3.91. The molecule has 0 aliphatic heterocycles. The van der Waals surface area contributed by atoms with Crippen molar-refractivity contribution in [3.8, 4) is 0 Å². The van der Waals surface area contributed by atoms with Crippen molar-refractivity contribution in [3.05, 3.63) is 59.1 Å². The third-order valence-electron chi connectivity index (χ3n) is 3.95. The molecule has 1 heterocycles. The van der Waals surface area contributed by atoms with Crippen molar-refractivity contribution in [3.63, 3.8) is 0 Å². The highest BCUT2D eigenvalue weighted by molar-refractivity contribution is 7.89. The highest BCUT2D eigenvalue weighted by atomic mass is 32.2. The molecule has 0 atom stereocenters. The molecule has 1 aromatic heterocycles. The number of para-hydroxylation sites is 1. The monoisotopic (exact) mass is 372 g/mol. The number of hydrogen-bond acceptors (Lipinski definition) is 4. The maximum Gasteiger partial charge on any atom is 0.243 e. The fourth-order valence-corrected chi connectivity index (χ4v) is 4.92. The van der Waals surface area contributed by atoms with Crippen LogP contribution in [0.4, 0.5) is 0 Å². The second-order valence-corrected chi connectivity index (χ2v) is 8.51. The molecule has 0 aliphatic carbocycles. The molecule has 130 valence electrons. The molecule has 0 bridgehead atoms. The van der Waals surface area contributed by atoms with Gasteiger partial charge < -0.3 is 0 Å². The zero-order valence-electron chi connectivity index (χ0n) is 14.2. The van der Waals surface area contributed by atoms with Gasteiger partial charge in [0.25, 0.3) is 0 Å². The lowest BCUT2D eigenvalue weighted by atomic mass is 10.2. The first kappa shape index (κ1) is 17.8. The molecule has 0 radical (unpaired) electrons. The zero-order chi connectivity index (χ0) is 17.9. The third kappa shape index (κ3) is 3.81. The van der Waals surface area contributed by atoms with Gasteiger partial charge in [-0.25, -0.2) is 13.4 Å². The van der Waals surface area contributed by atoms with E-state index in [1.807, 2.05) is 56.3 Å². The maximum atomic E-state index is 12.5. The lowest BCUT2D eigenvalue weighted by Gasteiger charge is -2.18. The number of nitrogens with zero attached hydrogens (tertiary/aromatic N) is 2. The zero-order valence-corrected chi connectivity index (χ0v) is 15.8.